The molecule has 0 saturated carbocycles. The Labute approximate surface area is 139 Å². The predicted molar refractivity (Wildman–Crippen MR) is 92.7 cm³/mol. The molecule has 1 aliphatic heterocycles. The maximum absolute atomic E-state index is 13.0. The summed E-state index contributed by atoms with van der Waals surface area (Å²) < 4.78 is 6.20. The van der Waals surface area contributed by atoms with Gasteiger partial charge in [-0.25, -0.2) is 4.98 Å². The number of unbranched alkanes of at least 4 members (excludes halogenated alkanes) is 1. The van der Waals surface area contributed by atoms with Gasteiger partial charge in [-0.2, -0.15) is 0 Å². The SMILES string of the molecule is CCCC[C@@H]1CN(C(=O)c2cccnc2NC)C[C@H](C(C)C)O1. The molecule has 5 nitrogen and oxygen atoms in total. The van der Waals surface area contributed by atoms with Crippen molar-refractivity contribution in [3.8, 4) is 0 Å². The second-order valence-electron chi connectivity index (χ2n) is 6.54. The van der Waals surface area contributed by atoms with Crippen LogP contribution in [0.2, 0.25) is 0 Å². The molecule has 0 unspecified atom stereocenters. The van der Waals surface area contributed by atoms with Crippen molar-refractivity contribution >= 4 is 11.7 Å². The quantitative estimate of drug-likeness (QED) is 0.875. The van der Waals surface area contributed by atoms with Crippen molar-refractivity contribution in [3.05, 3.63) is 23.9 Å². The first kappa shape index (κ1) is 17.7. The van der Waals surface area contributed by atoms with Gasteiger partial charge in [0.2, 0.25) is 0 Å². The first-order chi connectivity index (χ1) is 11.1. The molecule has 1 fully saturated rings. The second-order valence-corrected chi connectivity index (χ2v) is 6.54. The van der Waals surface area contributed by atoms with Crippen LogP contribution in [0.15, 0.2) is 18.3 Å². The lowest BCUT2D eigenvalue weighted by Gasteiger charge is -2.40. The molecule has 2 atom stereocenters. The summed E-state index contributed by atoms with van der Waals surface area (Å²) in [6.45, 7) is 7.80. The summed E-state index contributed by atoms with van der Waals surface area (Å²) in [4.78, 5) is 19.1. The zero-order valence-electron chi connectivity index (χ0n) is 14.7. The van der Waals surface area contributed by atoms with Gasteiger partial charge in [0, 0.05) is 26.3 Å². The molecule has 5 heteroatoms. The Bertz CT molecular complexity index is 519. The third-order valence-corrected chi connectivity index (χ3v) is 4.38. The van der Waals surface area contributed by atoms with Crippen molar-refractivity contribution in [2.45, 2.75) is 52.2 Å². The Morgan fingerprint density at radius 2 is 2.26 bits per heavy atom. The highest BCUT2D eigenvalue weighted by molar-refractivity contribution is 5.98. The Balaban J connectivity index is 2.16. The summed E-state index contributed by atoms with van der Waals surface area (Å²) in [5.74, 6) is 1.07. The average Bonchev–Trinajstić information content (AvgIpc) is 2.58. The van der Waals surface area contributed by atoms with E-state index in [-0.39, 0.29) is 18.1 Å². The maximum atomic E-state index is 13.0. The fourth-order valence-corrected chi connectivity index (χ4v) is 2.94. The van der Waals surface area contributed by atoms with Gasteiger partial charge < -0.3 is 15.0 Å². The maximum Gasteiger partial charge on any atom is 0.257 e. The summed E-state index contributed by atoms with van der Waals surface area (Å²) in [7, 11) is 1.79. The number of rotatable bonds is 6. The smallest absolute Gasteiger partial charge is 0.257 e. The van der Waals surface area contributed by atoms with Crippen molar-refractivity contribution in [2.24, 2.45) is 5.92 Å². The van der Waals surface area contributed by atoms with Crippen LogP contribution in [0.25, 0.3) is 0 Å². The molecule has 0 radical (unpaired) electrons. The van der Waals surface area contributed by atoms with Crippen LogP contribution in [0.4, 0.5) is 5.82 Å². The number of hydrogen-bond acceptors (Lipinski definition) is 4. The molecular formula is C18H29N3O2. The number of nitrogens with one attached hydrogen (secondary N) is 1. The topological polar surface area (TPSA) is 54.5 Å². The molecule has 1 aliphatic rings. The van der Waals surface area contributed by atoms with Crippen LogP contribution < -0.4 is 5.32 Å². The molecule has 0 aromatic carbocycles. The summed E-state index contributed by atoms with van der Waals surface area (Å²) >= 11 is 0. The summed E-state index contributed by atoms with van der Waals surface area (Å²) in [6.07, 6.45) is 5.22. The number of ether oxygens (including phenoxy) is 1. The molecule has 1 amide bonds. The average molecular weight is 319 g/mol. The van der Waals surface area contributed by atoms with Crippen molar-refractivity contribution in [1.29, 1.82) is 0 Å². The number of anilines is 1. The number of carbonyl (C=O) groups is 1. The van der Waals surface area contributed by atoms with Crippen LogP contribution in [0.1, 0.15) is 50.4 Å². The van der Waals surface area contributed by atoms with Crippen molar-refractivity contribution in [2.75, 3.05) is 25.5 Å². The molecule has 1 aromatic heterocycles. The first-order valence-corrected chi connectivity index (χ1v) is 8.64. The Morgan fingerprint density at radius 1 is 1.48 bits per heavy atom. The number of nitrogens with zero attached hydrogens (tertiary/aromatic N) is 2. The van der Waals surface area contributed by atoms with Crippen molar-refractivity contribution < 1.29 is 9.53 Å². The van der Waals surface area contributed by atoms with Crippen LogP contribution in [0.3, 0.4) is 0 Å². The summed E-state index contributed by atoms with van der Waals surface area (Å²) in [6, 6.07) is 3.64. The van der Waals surface area contributed by atoms with Crippen LogP contribution >= 0.6 is 0 Å². The third-order valence-electron chi connectivity index (χ3n) is 4.38. The van der Waals surface area contributed by atoms with Gasteiger partial charge in [-0.15, -0.1) is 0 Å². The van der Waals surface area contributed by atoms with E-state index in [0.29, 0.717) is 30.4 Å². The molecule has 128 valence electrons. The van der Waals surface area contributed by atoms with Gasteiger partial charge in [0.25, 0.3) is 5.91 Å². The Morgan fingerprint density at radius 3 is 2.91 bits per heavy atom. The lowest BCUT2D eigenvalue weighted by Crippen LogP contribution is -2.51. The second kappa shape index (κ2) is 8.29. The number of pyridine rings is 1. The van der Waals surface area contributed by atoms with Gasteiger partial charge in [-0.3, -0.25) is 4.79 Å². The van der Waals surface area contributed by atoms with E-state index in [9.17, 15) is 4.79 Å². The molecule has 2 rings (SSSR count). The third kappa shape index (κ3) is 4.44. The summed E-state index contributed by atoms with van der Waals surface area (Å²) in [5, 5.41) is 3.01. The largest absolute Gasteiger partial charge is 0.372 e. The number of aromatic nitrogens is 1. The Hall–Kier alpha value is -1.62. The van der Waals surface area contributed by atoms with Gasteiger partial charge in [0.15, 0.2) is 0 Å². The highest BCUT2D eigenvalue weighted by atomic mass is 16.5. The van der Waals surface area contributed by atoms with Gasteiger partial charge in [0.05, 0.1) is 17.8 Å². The minimum atomic E-state index is 0.0397. The lowest BCUT2D eigenvalue weighted by molar-refractivity contribution is -0.0962. The van der Waals surface area contributed by atoms with E-state index in [0.717, 1.165) is 19.3 Å². The van der Waals surface area contributed by atoms with Gasteiger partial charge in [-0.05, 0) is 24.5 Å². The van der Waals surface area contributed by atoms with Crippen LogP contribution in [-0.4, -0.2) is 48.1 Å². The molecule has 1 N–H and O–H groups in total. The van der Waals surface area contributed by atoms with E-state index < -0.39 is 0 Å². The normalized spacial score (nSPS) is 21.5. The first-order valence-electron chi connectivity index (χ1n) is 8.64. The molecule has 1 aromatic rings. The lowest BCUT2D eigenvalue weighted by atomic mass is 10.0. The molecular weight excluding hydrogens is 290 g/mol. The highest BCUT2D eigenvalue weighted by Gasteiger charge is 2.33. The Kier molecular flexibility index (Phi) is 6.39. The predicted octanol–water partition coefficient (Wildman–Crippen LogP) is 3.18. The molecule has 0 bridgehead atoms. The number of morpholine rings is 1. The van der Waals surface area contributed by atoms with E-state index >= 15 is 0 Å². The molecule has 0 spiro atoms. The van der Waals surface area contributed by atoms with Gasteiger partial charge in [-0.1, -0.05) is 33.6 Å². The minimum Gasteiger partial charge on any atom is -0.372 e. The van der Waals surface area contributed by atoms with E-state index in [1.807, 2.05) is 17.0 Å². The molecule has 2 heterocycles. The van der Waals surface area contributed by atoms with Crippen LogP contribution in [0, 0.1) is 5.92 Å². The molecule has 1 saturated heterocycles. The standard InChI is InChI=1S/C18H29N3O2/c1-5-6-8-14-11-21(12-16(23-14)13(2)3)18(22)15-9-7-10-20-17(15)19-4/h7,9-10,13-14,16H,5-6,8,11-12H2,1-4H3,(H,19,20)/t14-,16-/m1/s1. The van der Waals surface area contributed by atoms with E-state index in [1.54, 1.807) is 13.2 Å². The zero-order chi connectivity index (χ0) is 16.8. The molecule has 0 aliphatic carbocycles. The number of carbonyl (C=O) groups excluding carboxylic acids is 1. The molecule has 23 heavy (non-hydrogen) atoms. The summed E-state index contributed by atoms with van der Waals surface area (Å²) in [5.41, 5.74) is 0.633. The van der Waals surface area contributed by atoms with Crippen molar-refractivity contribution in [3.63, 3.8) is 0 Å². The fraction of sp³-hybridized carbons (Fsp3) is 0.667. The minimum absolute atomic E-state index is 0.0397. The van der Waals surface area contributed by atoms with E-state index in [2.05, 4.69) is 31.1 Å². The highest BCUT2D eigenvalue weighted by Crippen LogP contribution is 2.23. The number of amides is 1. The number of hydrogen-bond donors (Lipinski definition) is 1. The van der Waals surface area contributed by atoms with Gasteiger partial charge in [0.1, 0.15) is 5.82 Å². The monoisotopic (exact) mass is 319 g/mol. The van der Waals surface area contributed by atoms with E-state index in [1.165, 1.54) is 0 Å². The van der Waals surface area contributed by atoms with Crippen LogP contribution in [-0.2, 0) is 4.74 Å². The van der Waals surface area contributed by atoms with E-state index in [4.69, 9.17) is 4.74 Å². The van der Waals surface area contributed by atoms with Crippen LogP contribution in [0.5, 0.6) is 0 Å². The zero-order valence-corrected chi connectivity index (χ0v) is 14.7. The van der Waals surface area contributed by atoms with Gasteiger partial charge >= 0.3 is 0 Å². The van der Waals surface area contributed by atoms with Crippen molar-refractivity contribution in [1.82, 2.24) is 9.88 Å². The fourth-order valence-electron chi connectivity index (χ4n) is 2.94.